The number of hydrogen-bond acceptors (Lipinski definition) is 3. The monoisotopic (exact) mass is 492 g/mol. The molecule has 4 nitrogen and oxygen atoms in total. The first-order valence-corrected chi connectivity index (χ1v) is 13.0. The second-order valence-electron chi connectivity index (χ2n) is 8.22. The molecule has 0 bridgehead atoms. The van der Waals surface area contributed by atoms with E-state index in [9.17, 15) is 9.59 Å². The van der Waals surface area contributed by atoms with Gasteiger partial charge in [-0.2, -0.15) is 0 Å². The first kappa shape index (κ1) is 24.9. The molecule has 0 heterocycles. The first-order valence-electron chi connectivity index (χ1n) is 11.1. The smallest absolute Gasteiger partial charge is 0.242 e. The minimum absolute atomic E-state index is 0.0756. The first-order chi connectivity index (χ1) is 15.5. The molecule has 3 rings (SSSR count). The van der Waals surface area contributed by atoms with Crippen molar-refractivity contribution >= 4 is 46.8 Å². The van der Waals surface area contributed by atoms with Gasteiger partial charge in [0, 0.05) is 28.4 Å². The summed E-state index contributed by atoms with van der Waals surface area (Å²) in [4.78, 5) is 27.9. The second-order valence-corrected chi connectivity index (χ2v) is 10.0. The summed E-state index contributed by atoms with van der Waals surface area (Å²) in [5.41, 5.74) is 1.82. The van der Waals surface area contributed by atoms with Crippen molar-refractivity contribution in [1.82, 2.24) is 10.2 Å². The number of halogens is 2. The van der Waals surface area contributed by atoms with Gasteiger partial charge in [0.1, 0.15) is 6.04 Å². The van der Waals surface area contributed by atoms with E-state index in [1.165, 1.54) is 18.2 Å². The fraction of sp³-hybridized carbons (Fsp3) is 0.440. The van der Waals surface area contributed by atoms with Crippen LogP contribution in [-0.4, -0.2) is 34.6 Å². The van der Waals surface area contributed by atoms with Crippen LogP contribution in [0.15, 0.2) is 48.5 Å². The Kier molecular flexibility index (Phi) is 9.76. The minimum Gasteiger partial charge on any atom is -0.352 e. The second kappa shape index (κ2) is 12.5. The number of benzene rings is 2. The third-order valence-electron chi connectivity index (χ3n) is 5.85. The molecule has 1 aliphatic rings. The molecule has 172 valence electrons. The van der Waals surface area contributed by atoms with Crippen LogP contribution in [0.3, 0.4) is 0 Å². The number of hydrogen-bond donors (Lipinski definition) is 1. The predicted molar refractivity (Wildman–Crippen MR) is 134 cm³/mol. The molecule has 0 saturated heterocycles. The zero-order valence-corrected chi connectivity index (χ0v) is 20.7. The Morgan fingerprint density at radius 2 is 1.69 bits per heavy atom. The minimum atomic E-state index is -0.547. The number of carbonyl (C=O) groups excluding carboxylic acids is 2. The molecule has 0 aliphatic heterocycles. The number of amides is 2. The van der Waals surface area contributed by atoms with Gasteiger partial charge >= 0.3 is 0 Å². The van der Waals surface area contributed by atoms with Crippen LogP contribution in [-0.2, 0) is 21.9 Å². The van der Waals surface area contributed by atoms with E-state index in [4.69, 9.17) is 23.2 Å². The molecule has 0 spiro atoms. The fourth-order valence-electron chi connectivity index (χ4n) is 3.93. The maximum absolute atomic E-state index is 13.2. The summed E-state index contributed by atoms with van der Waals surface area (Å²) in [5.74, 6) is 0.621. The van der Waals surface area contributed by atoms with Crippen LogP contribution in [0.2, 0.25) is 10.0 Å². The summed E-state index contributed by atoms with van der Waals surface area (Å²) in [5, 5.41) is 4.35. The van der Waals surface area contributed by atoms with Gasteiger partial charge in [-0.1, -0.05) is 78.9 Å². The SMILES string of the molecule is C[C@H](C(=O)NC1CCCCC1)N(Cc1ccccc1)C(=O)CSCc1c(Cl)cccc1Cl. The third kappa shape index (κ3) is 7.16. The van der Waals surface area contributed by atoms with E-state index in [0.29, 0.717) is 22.3 Å². The van der Waals surface area contributed by atoms with E-state index in [-0.39, 0.29) is 23.6 Å². The molecule has 1 N–H and O–H groups in total. The molecule has 32 heavy (non-hydrogen) atoms. The Labute approximate surface area is 205 Å². The van der Waals surface area contributed by atoms with E-state index in [0.717, 1.165) is 36.8 Å². The quantitative estimate of drug-likeness (QED) is 0.460. The molecule has 2 aromatic carbocycles. The molecule has 1 aliphatic carbocycles. The van der Waals surface area contributed by atoms with Gasteiger partial charge in [-0.3, -0.25) is 9.59 Å². The van der Waals surface area contributed by atoms with Crippen LogP contribution in [0.5, 0.6) is 0 Å². The largest absolute Gasteiger partial charge is 0.352 e. The number of nitrogens with one attached hydrogen (secondary N) is 1. The van der Waals surface area contributed by atoms with Gasteiger partial charge in [0.2, 0.25) is 11.8 Å². The number of thioether (sulfide) groups is 1. The lowest BCUT2D eigenvalue weighted by Crippen LogP contribution is -2.50. The molecule has 7 heteroatoms. The van der Waals surface area contributed by atoms with Crippen molar-refractivity contribution in [2.45, 2.75) is 63.4 Å². The van der Waals surface area contributed by atoms with Crippen LogP contribution in [0.1, 0.15) is 50.2 Å². The van der Waals surface area contributed by atoms with E-state index in [1.54, 1.807) is 23.1 Å². The van der Waals surface area contributed by atoms with Crippen LogP contribution in [0, 0.1) is 0 Å². The zero-order valence-electron chi connectivity index (χ0n) is 18.4. The van der Waals surface area contributed by atoms with Crippen LogP contribution < -0.4 is 5.32 Å². The normalized spacial score (nSPS) is 15.2. The summed E-state index contributed by atoms with van der Waals surface area (Å²) >= 11 is 14.0. The number of rotatable bonds is 9. The van der Waals surface area contributed by atoms with Crippen LogP contribution >= 0.6 is 35.0 Å². The highest BCUT2D eigenvalue weighted by atomic mass is 35.5. The van der Waals surface area contributed by atoms with Crippen molar-refractivity contribution < 1.29 is 9.59 Å². The van der Waals surface area contributed by atoms with Gasteiger partial charge in [0.05, 0.1) is 5.75 Å². The maximum atomic E-state index is 13.2. The highest BCUT2D eigenvalue weighted by Crippen LogP contribution is 2.28. The molecule has 0 aromatic heterocycles. The standard InChI is InChI=1S/C25H30Cl2N2O2S/c1-18(25(31)28-20-11-6-3-7-12-20)29(15-19-9-4-2-5-10-19)24(30)17-32-16-21-22(26)13-8-14-23(21)27/h2,4-5,8-10,13-14,18,20H,3,6-7,11-12,15-17H2,1H3,(H,28,31)/t18-/m1/s1. The van der Waals surface area contributed by atoms with Gasteiger partial charge in [0.25, 0.3) is 0 Å². The Bertz CT molecular complexity index is 884. The van der Waals surface area contributed by atoms with Gasteiger partial charge in [0.15, 0.2) is 0 Å². The van der Waals surface area contributed by atoms with E-state index < -0.39 is 6.04 Å². The fourth-order valence-corrected chi connectivity index (χ4v) is 5.57. The molecule has 2 amide bonds. The van der Waals surface area contributed by atoms with Gasteiger partial charge < -0.3 is 10.2 Å². The third-order valence-corrected chi connectivity index (χ3v) is 7.50. The summed E-state index contributed by atoms with van der Waals surface area (Å²) in [6, 6.07) is 14.8. The predicted octanol–water partition coefficient (Wildman–Crippen LogP) is 6.09. The van der Waals surface area contributed by atoms with E-state index in [2.05, 4.69) is 5.32 Å². The molecule has 1 fully saturated rings. The van der Waals surface area contributed by atoms with Crippen molar-refractivity contribution in [1.29, 1.82) is 0 Å². The number of nitrogens with zero attached hydrogens (tertiary/aromatic N) is 1. The van der Waals surface area contributed by atoms with Crippen molar-refractivity contribution in [2.24, 2.45) is 0 Å². The molecular weight excluding hydrogens is 463 g/mol. The Morgan fingerprint density at radius 1 is 1.03 bits per heavy atom. The molecule has 0 radical (unpaired) electrons. The lowest BCUT2D eigenvalue weighted by molar-refractivity contribution is -0.139. The lowest BCUT2D eigenvalue weighted by Gasteiger charge is -2.31. The summed E-state index contributed by atoms with van der Waals surface area (Å²) < 4.78 is 0. The average molecular weight is 494 g/mol. The average Bonchev–Trinajstić information content (AvgIpc) is 2.80. The molecule has 1 atom stereocenters. The summed E-state index contributed by atoms with van der Waals surface area (Å²) in [6.07, 6.45) is 5.55. The number of carbonyl (C=O) groups is 2. The molecular formula is C25H30Cl2N2O2S. The van der Waals surface area contributed by atoms with Crippen molar-refractivity contribution in [2.75, 3.05) is 5.75 Å². The summed E-state index contributed by atoms with van der Waals surface area (Å²) in [7, 11) is 0. The Balaban J connectivity index is 1.65. The van der Waals surface area contributed by atoms with E-state index >= 15 is 0 Å². The molecule has 1 saturated carbocycles. The van der Waals surface area contributed by atoms with Crippen LogP contribution in [0.4, 0.5) is 0 Å². The summed E-state index contributed by atoms with van der Waals surface area (Å²) in [6.45, 7) is 2.21. The lowest BCUT2D eigenvalue weighted by atomic mass is 9.95. The topological polar surface area (TPSA) is 49.4 Å². The zero-order chi connectivity index (χ0) is 22.9. The van der Waals surface area contributed by atoms with Gasteiger partial charge in [-0.25, -0.2) is 0 Å². The Hall–Kier alpha value is -1.69. The van der Waals surface area contributed by atoms with Crippen molar-refractivity contribution in [3.05, 3.63) is 69.7 Å². The molecule has 2 aromatic rings. The highest BCUT2D eigenvalue weighted by Gasteiger charge is 2.28. The van der Waals surface area contributed by atoms with Gasteiger partial charge in [-0.05, 0) is 43.0 Å². The maximum Gasteiger partial charge on any atom is 0.242 e. The Morgan fingerprint density at radius 3 is 2.34 bits per heavy atom. The van der Waals surface area contributed by atoms with Crippen molar-refractivity contribution in [3.8, 4) is 0 Å². The molecule has 0 unspecified atom stereocenters. The van der Waals surface area contributed by atoms with E-state index in [1.807, 2.05) is 37.3 Å². The van der Waals surface area contributed by atoms with Crippen LogP contribution in [0.25, 0.3) is 0 Å². The highest BCUT2D eigenvalue weighted by molar-refractivity contribution is 7.99. The van der Waals surface area contributed by atoms with Gasteiger partial charge in [-0.15, -0.1) is 11.8 Å². The van der Waals surface area contributed by atoms with Crippen molar-refractivity contribution in [3.63, 3.8) is 0 Å².